The van der Waals surface area contributed by atoms with Gasteiger partial charge in [-0.05, 0) is 24.6 Å². The van der Waals surface area contributed by atoms with Gasteiger partial charge in [0.2, 0.25) is 17.2 Å². The average molecular weight is 498 g/mol. The fourth-order valence-corrected chi connectivity index (χ4v) is 4.86. The number of anilines is 1. The molecule has 10 nitrogen and oxygen atoms in total. The Morgan fingerprint density at radius 3 is 2.37 bits per heavy atom. The monoisotopic (exact) mass is 497 g/mol. The lowest BCUT2D eigenvalue weighted by Crippen LogP contribution is -2.55. The van der Waals surface area contributed by atoms with E-state index < -0.39 is 34.2 Å². The molecule has 2 unspecified atom stereocenters. The molecule has 1 spiro atoms. The number of rotatable bonds is 4. The van der Waals surface area contributed by atoms with Crippen molar-refractivity contribution in [1.82, 2.24) is 9.97 Å². The number of ether oxygens (including phenoxy) is 3. The number of hydrogen-bond acceptors (Lipinski definition) is 8. The number of aromatic amines is 2. The third-order valence-electron chi connectivity index (χ3n) is 6.34. The SMILES string of the molecule is COc1cc(OC)c2c(c1Cl)OC1(C(=O)C=C(Nc3ccc4[nH]c(=O)c(=O)[nH]c4c3)CC1C)C2=O. The Morgan fingerprint density at radius 1 is 1.03 bits per heavy atom. The van der Waals surface area contributed by atoms with Crippen LogP contribution in [0.15, 0.2) is 45.6 Å². The molecule has 3 N–H and O–H groups in total. The second-order valence-corrected chi connectivity index (χ2v) is 8.78. The number of allylic oxidation sites excluding steroid dienone is 1. The summed E-state index contributed by atoms with van der Waals surface area (Å²) in [5, 5.41) is 3.24. The minimum absolute atomic E-state index is 0.0605. The number of aromatic nitrogens is 2. The number of halogens is 1. The first kappa shape index (κ1) is 22.7. The van der Waals surface area contributed by atoms with Crippen molar-refractivity contribution in [1.29, 1.82) is 0 Å². The molecule has 2 heterocycles. The van der Waals surface area contributed by atoms with E-state index >= 15 is 0 Å². The molecule has 0 bridgehead atoms. The molecule has 5 rings (SSSR count). The van der Waals surface area contributed by atoms with E-state index in [4.69, 9.17) is 25.8 Å². The summed E-state index contributed by atoms with van der Waals surface area (Å²) >= 11 is 6.41. The lowest BCUT2D eigenvalue weighted by molar-refractivity contribution is -0.129. The Labute approximate surface area is 202 Å². The second-order valence-electron chi connectivity index (χ2n) is 8.40. The predicted molar refractivity (Wildman–Crippen MR) is 128 cm³/mol. The first-order valence-electron chi connectivity index (χ1n) is 10.7. The van der Waals surface area contributed by atoms with Gasteiger partial charge in [-0.3, -0.25) is 19.2 Å². The van der Waals surface area contributed by atoms with Gasteiger partial charge in [0.25, 0.3) is 0 Å². The van der Waals surface area contributed by atoms with Crippen LogP contribution in [0.1, 0.15) is 23.7 Å². The van der Waals surface area contributed by atoms with Crippen molar-refractivity contribution in [2.24, 2.45) is 5.92 Å². The van der Waals surface area contributed by atoms with E-state index in [-0.39, 0.29) is 27.8 Å². The van der Waals surface area contributed by atoms with Crippen LogP contribution in [-0.4, -0.2) is 41.4 Å². The van der Waals surface area contributed by atoms with Crippen LogP contribution in [0.5, 0.6) is 17.2 Å². The van der Waals surface area contributed by atoms with Crippen LogP contribution in [0.2, 0.25) is 5.02 Å². The molecule has 0 radical (unpaired) electrons. The summed E-state index contributed by atoms with van der Waals surface area (Å²) in [4.78, 5) is 55.1. The summed E-state index contributed by atoms with van der Waals surface area (Å²) in [6.45, 7) is 1.75. The van der Waals surface area contributed by atoms with E-state index in [2.05, 4.69) is 15.3 Å². The maximum atomic E-state index is 13.6. The highest BCUT2D eigenvalue weighted by atomic mass is 35.5. The van der Waals surface area contributed by atoms with Gasteiger partial charge in [-0.25, -0.2) is 0 Å². The van der Waals surface area contributed by atoms with Crippen LogP contribution in [0.4, 0.5) is 5.69 Å². The summed E-state index contributed by atoms with van der Waals surface area (Å²) in [6, 6.07) is 6.45. The van der Waals surface area contributed by atoms with Crippen molar-refractivity contribution in [2.75, 3.05) is 19.5 Å². The quantitative estimate of drug-likeness (QED) is 0.369. The van der Waals surface area contributed by atoms with Crippen LogP contribution >= 0.6 is 11.6 Å². The number of methoxy groups -OCH3 is 2. The van der Waals surface area contributed by atoms with Gasteiger partial charge in [0.15, 0.2) is 5.75 Å². The molecule has 180 valence electrons. The van der Waals surface area contributed by atoms with Crippen molar-refractivity contribution in [2.45, 2.75) is 18.9 Å². The fraction of sp³-hybridized carbons (Fsp3) is 0.250. The standard InChI is InChI=1S/C24H20ClN3O7/c1-10-6-12(26-11-4-5-13-14(7-11)28-23(32)22(31)27-13)8-17(29)24(10)21(30)18-15(33-2)9-16(34-3)19(25)20(18)35-24/h4-5,7-10,26H,6H2,1-3H3,(H,27,31)(H,28,32). The number of ketones is 2. The molecule has 35 heavy (non-hydrogen) atoms. The van der Waals surface area contributed by atoms with Crippen molar-refractivity contribution in [3.05, 3.63) is 67.3 Å². The largest absolute Gasteiger partial charge is 0.496 e. The molecule has 1 aliphatic heterocycles. The Balaban J connectivity index is 1.50. The minimum atomic E-state index is -1.77. The van der Waals surface area contributed by atoms with Gasteiger partial charge in [-0.15, -0.1) is 0 Å². The van der Waals surface area contributed by atoms with Gasteiger partial charge in [0, 0.05) is 29.4 Å². The molecular formula is C24H20ClN3O7. The maximum Gasteiger partial charge on any atom is 0.314 e. The van der Waals surface area contributed by atoms with Gasteiger partial charge in [-0.2, -0.15) is 0 Å². The Morgan fingerprint density at radius 2 is 1.71 bits per heavy atom. The third-order valence-corrected chi connectivity index (χ3v) is 6.70. The minimum Gasteiger partial charge on any atom is -0.496 e. The van der Waals surface area contributed by atoms with Crippen LogP contribution in [0.25, 0.3) is 11.0 Å². The molecule has 1 aromatic heterocycles. The normalized spacial score (nSPS) is 21.0. The average Bonchev–Trinajstić information content (AvgIpc) is 3.14. The molecular weight excluding hydrogens is 478 g/mol. The number of Topliss-reactive ketones (excluding diaryl/α,β-unsaturated/α-hetero) is 1. The lowest BCUT2D eigenvalue weighted by atomic mass is 9.74. The number of hydrogen-bond donors (Lipinski definition) is 3. The number of benzene rings is 2. The highest BCUT2D eigenvalue weighted by Crippen LogP contribution is 2.53. The number of carbonyl (C=O) groups is 2. The summed E-state index contributed by atoms with van der Waals surface area (Å²) in [7, 11) is 2.83. The number of nitrogens with one attached hydrogen (secondary N) is 3. The molecule has 11 heteroatoms. The molecule has 0 amide bonds. The zero-order valence-electron chi connectivity index (χ0n) is 18.9. The molecule has 2 atom stereocenters. The van der Waals surface area contributed by atoms with Gasteiger partial charge < -0.3 is 29.5 Å². The zero-order chi connectivity index (χ0) is 25.1. The molecule has 0 fully saturated rings. The number of fused-ring (bicyclic) bond motifs is 2. The summed E-state index contributed by atoms with van der Waals surface area (Å²) in [5.74, 6) is -1.07. The lowest BCUT2D eigenvalue weighted by Gasteiger charge is -2.35. The molecule has 2 aliphatic rings. The van der Waals surface area contributed by atoms with Crippen molar-refractivity contribution in [3.63, 3.8) is 0 Å². The molecule has 3 aromatic rings. The number of carbonyl (C=O) groups excluding carboxylic acids is 2. The van der Waals surface area contributed by atoms with E-state index in [1.54, 1.807) is 25.1 Å². The van der Waals surface area contributed by atoms with Gasteiger partial charge in [-0.1, -0.05) is 18.5 Å². The highest BCUT2D eigenvalue weighted by molar-refractivity contribution is 6.36. The van der Waals surface area contributed by atoms with Crippen LogP contribution in [0, 0.1) is 5.92 Å². The smallest absolute Gasteiger partial charge is 0.314 e. The molecule has 2 aromatic carbocycles. The van der Waals surface area contributed by atoms with Crippen LogP contribution < -0.4 is 30.6 Å². The maximum absolute atomic E-state index is 13.6. The van der Waals surface area contributed by atoms with Crippen molar-refractivity contribution < 1.29 is 23.8 Å². The van der Waals surface area contributed by atoms with Gasteiger partial charge in [0.05, 0.1) is 25.3 Å². The predicted octanol–water partition coefficient (Wildman–Crippen LogP) is 2.81. The Kier molecular flexibility index (Phi) is 5.21. The molecule has 0 saturated carbocycles. The summed E-state index contributed by atoms with van der Waals surface area (Å²) in [5.41, 5.74) is -1.14. The second kappa shape index (κ2) is 8.02. The first-order chi connectivity index (χ1) is 16.7. The third kappa shape index (κ3) is 3.32. The topological polar surface area (TPSA) is 140 Å². The van der Waals surface area contributed by atoms with Crippen LogP contribution in [-0.2, 0) is 4.79 Å². The van der Waals surface area contributed by atoms with Crippen molar-refractivity contribution >= 4 is 39.9 Å². The fourth-order valence-electron chi connectivity index (χ4n) is 4.59. The Bertz CT molecular complexity index is 1570. The van der Waals surface area contributed by atoms with E-state index in [1.807, 2.05) is 0 Å². The Hall–Kier alpha value is -4.05. The van der Waals surface area contributed by atoms with Gasteiger partial charge in [0.1, 0.15) is 22.1 Å². The van der Waals surface area contributed by atoms with E-state index in [9.17, 15) is 19.2 Å². The van der Waals surface area contributed by atoms with E-state index in [0.717, 1.165) is 0 Å². The summed E-state index contributed by atoms with van der Waals surface area (Å²) in [6.07, 6.45) is 1.64. The van der Waals surface area contributed by atoms with Crippen molar-refractivity contribution in [3.8, 4) is 17.2 Å². The number of H-pyrrole nitrogens is 2. The first-order valence-corrected chi connectivity index (χ1v) is 11.0. The van der Waals surface area contributed by atoms with E-state index in [1.165, 1.54) is 26.4 Å². The van der Waals surface area contributed by atoms with Gasteiger partial charge >= 0.3 is 11.1 Å². The molecule has 1 aliphatic carbocycles. The highest BCUT2D eigenvalue weighted by Gasteiger charge is 2.60. The summed E-state index contributed by atoms with van der Waals surface area (Å²) < 4.78 is 16.6. The van der Waals surface area contributed by atoms with E-state index in [0.29, 0.717) is 28.8 Å². The van der Waals surface area contributed by atoms with Crippen LogP contribution in [0.3, 0.4) is 0 Å². The molecule has 0 saturated heterocycles. The zero-order valence-corrected chi connectivity index (χ0v) is 19.7.